The summed E-state index contributed by atoms with van der Waals surface area (Å²) in [5.41, 5.74) is 1.97. The van der Waals surface area contributed by atoms with Gasteiger partial charge < -0.3 is 9.47 Å². The molecule has 1 aromatic carbocycles. The summed E-state index contributed by atoms with van der Waals surface area (Å²) in [7, 11) is -1.08. The molecule has 0 aliphatic heterocycles. The monoisotopic (exact) mass is 402 g/mol. The molecule has 1 heterocycles. The first kappa shape index (κ1) is 22.5. The number of hydrogen-bond donors (Lipinski definition) is 0. The molecule has 6 heteroatoms. The molecular formula is C22H34N2O3Si. The lowest BCUT2D eigenvalue weighted by Crippen LogP contribution is -2.31. The molecule has 0 amide bonds. The van der Waals surface area contributed by atoms with Crippen molar-refractivity contribution in [1.29, 1.82) is 0 Å². The van der Waals surface area contributed by atoms with Gasteiger partial charge in [0.15, 0.2) is 5.78 Å². The topological polar surface area (TPSA) is 53.3 Å². The predicted octanol–water partition coefficient (Wildman–Crippen LogP) is 4.55. The van der Waals surface area contributed by atoms with Gasteiger partial charge in [-0.2, -0.15) is 5.10 Å². The first-order valence-electron chi connectivity index (χ1n) is 10.0. The van der Waals surface area contributed by atoms with E-state index in [0.29, 0.717) is 19.8 Å². The number of ether oxygens (including phenoxy) is 2. The van der Waals surface area contributed by atoms with Crippen molar-refractivity contribution in [3.05, 3.63) is 53.9 Å². The number of benzene rings is 1. The van der Waals surface area contributed by atoms with Crippen molar-refractivity contribution >= 4 is 13.9 Å². The zero-order valence-corrected chi connectivity index (χ0v) is 18.9. The summed E-state index contributed by atoms with van der Waals surface area (Å²) in [6, 6.07) is 11.1. The molecule has 0 fully saturated rings. The average Bonchev–Trinajstić information content (AvgIpc) is 3.06. The van der Waals surface area contributed by atoms with Crippen LogP contribution in [0.25, 0.3) is 0 Å². The number of carbonyl (C=O) groups is 1. The minimum absolute atomic E-state index is 0.0881. The Morgan fingerprint density at radius 1 is 1.14 bits per heavy atom. The Balaban J connectivity index is 1.83. The maximum Gasteiger partial charge on any atom is 0.166 e. The number of nitrogens with zero attached hydrogens (tertiary/aromatic N) is 2. The van der Waals surface area contributed by atoms with E-state index in [1.54, 1.807) is 10.9 Å². The van der Waals surface area contributed by atoms with Crippen LogP contribution in [0.2, 0.25) is 25.7 Å². The van der Waals surface area contributed by atoms with Crippen molar-refractivity contribution in [2.45, 2.75) is 65.4 Å². The van der Waals surface area contributed by atoms with Crippen molar-refractivity contribution in [3.8, 4) is 0 Å². The molecule has 0 aliphatic rings. The molecule has 0 bridgehead atoms. The first-order chi connectivity index (χ1) is 13.2. The summed E-state index contributed by atoms with van der Waals surface area (Å²) in [6.07, 6.45) is 3.54. The van der Waals surface area contributed by atoms with E-state index in [9.17, 15) is 4.79 Å². The van der Waals surface area contributed by atoms with E-state index >= 15 is 0 Å². The molecule has 1 atom stereocenters. The highest BCUT2D eigenvalue weighted by atomic mass is 28.3. The molecule has 5 nitrogen and oxygen atoms in total. The van der Waals surface area contributed by atoms with Gasteiger partial charge in [-0.05, 0) is 23.1 Å². The fourth-order valence-electron chi connectivity index (χ4n) is 2.82. The molecule has 0 aliphatic carbocycles. The van der Waals surface area contributed by atoms with Gasteiger partial charge in [-0.15, -0.1) is 0 Å². The number of ketones is 1. The third-order valence-corrected chi connectivity index (χ3v) is 6.18. The molecule has 1 aromatic heterocycles. The summed E-state index contributed by atoms with van der Waals surface area (Å²) >= 11 is 0. The van der Waals surface area contributed by atoms with Crippen molar-refractivity contribution in [2.75, 3.05) is 6.61 Å². The predicted molar refractivity (Wildman–Crippen MR) is 115 cm³/mol. The van der Waals surface area contributed by atoms with Gasteiger partial charge in [0.1, 0.15) is 12.8 Å². The Morgan fingerprint density at radius 2 is 1.86 bits per heavy atom. The van der Waals surface area contributed by atoms with E-state index in [-0.39, 0.29) is 11.7 Å². The lowest BCUT2D eigenvalue weighted by atomic mass is 9.99. The van der Waals surface area contributed by atoms with Crippen LogP contribution in [0.3, 0.4) is 0 Å². The Hall–Kier alpha value is -1.76. The van der Waals surface area contributed by atoms with Crippen LogP contribution in [-0.4, -0.2) is 36.3 Å². The summed E-state index contributed by atoms with van der Waals surface area (Å²) in [5, 5.41) is 4.31. The van der Waals surface area contributed by atoms with Crippen LogP contribution in [0, 0.1) is 5.92 Å². The SMILES string of the molecule is CC(C)C(OCc1ccccc1)C(=O)Cc1cnn(COCC[Si](C)(C)C)c1. The van der Waals surface area contributed by atoms with Crippen LogP contribution in [-0.2, 0) is 34.0 Å². The Kier molecular flexibility index (Phi) is 8.60. The second kappa shape index (κ2) is 10.7. The van der Waals surface area contributed by atoms with Crippen molar-refractivity contribution in [2.24, 2.45) is 5.92 Å². The molecule has 0 saturated heterocycles. The summed E-state index contributed by atoms with van der Waals surface area (Å²) in [5.74, 6) is 0.210. The molecular weight excluding hydrogens is 368 g/mol. The third-order valence-electron chi connectivity index (χ3n) is 4.48. The number of carbonyl (C=O) groups excluding carboxylic acids is 1. The smallest absolute Gasteiger partial charge is 0.166 e. The molecule has 28 heavy (non-hydrogen) atoms. The quantitative estimate of drug-likeness (QED) is 0.386. The highest BCUT2D eigenvalue weighted by Crippen LogP contribution is 2.14. The number of aromatic nitrogens is 2. The van der Waals surface area contributed by atoms with Crippen LogP contribution in [0.4, 0.5) is 0 Å². The average molecular weight is 403 g/mol. The largest absolute Gasteiger partial charge is 0.365 e. The molecule has 0 saturated carbocycles. The fourth-order valence-corrected chi connectivity index (χ4v) is 3.58. The van der Waals surface area contributed by atoms with E-state index in [4.69, 9.17) is 9.47 Å². The summed E-state index contributed by atoms with van der Waals surface area (Å²) < 4.78 is 13.4. The van der Waals surface area contributed by atoms with Gasteiger partial charge >= 0.3 is 0 Å². The van der Waals surface area contributed by atoms with E-state index in [0.717, 1.165) is 23.8 Å². The van der Waals surface area contributed by atoms with Crippen LogP contribution in [0.5, 0.6) is 0 Å². The second-order valence-corrected chi connectivity index (χ2v) is 14.5. The number of hydrogen-bond acceptors (Lipinski definition) is 4. The molecule has 0 N–H and O–H groups in total. The third kappa shape index (κ3) is 8.08. The Morgan fingerprint density at radius 3 is 2.50 bits per heavy atom. The lowest BCUT2D eigenvalue weighted by molar-refractivity contribution is -0.133. The zero-order valence-electron chi connectivity index (χ0n) is 17.9. The van der Waals surface area contributed by atoms with Gasteiger partial charge in [0.2, 0.25) is 0 Å². The minimum atomic E-state index is -1.08. The van der Waals surface area contributed by atoms with E-state index in [2.05, 4.69) is 24.7 Å². The maximum absolute atomic E-state index is 12.8. The Labute approximate surface area is 170 Å². The van der Waals surface area contributed by atoms with Gasteiger partial charge in [0.25, 0.3) is 0 Å². The number of rotatable bonds is 12. The zero-order chi connectivity index (χ0) is 20.6. The number of Topliss-reactive ketones (excluding diaryl/α,β-unsaturated/α-hetero) is 1. The van der Waals surface area contributed by atoms with Crippen molar-refractivity contribution < 1.29 is 14.3 Å². The van der Waals surface area contributed by atoms with Gasteiger partial charge in [-0.25, -0.2) is 4.68 Å². The molecule has 0 spiro atoms. The minimum Gasteiger partial charge on any atom is -0.365 e. The standard InChI is InChI=1S/C22H34N2O3Si/c1-18(2)22(27-16-19-9-7-6-8-10-19)21(25)13-20-14-23-24(15-20)17-26-11-12-28(3,4)5/h6-10,14-15,18,22H,11-13,16-17H2,1-5H3. The fraction of sp³-hybridized carbons (Fsp3) is 0.545. The van der Waals surface area contributed by atoms with E-state index in [1.165, 1.54) is 0 Å². The van der Waals surface area contributed by atoms with Gasteiger partial charge in [-0.1, -0.05) is 63.8 Å². The normalized spacial score (nSPS) is 13.1. The van der Waals surface area contributed by atoms with Crippen molar-refractivity contribution in [1.82, 2.24) is 9.78 Å². The Bertz CT molecular complexity index is 723. The van der Waals surface area contributed by atoms with Crippen LogP contribution < -0.4 is 0 Å². The van der Waals surface area contributed by atoms with Gasteiger partial charge in [0, 0.05) is 27.3 Å². The summed E-state index contributed by atoms with van der Waals surface area (Å²) in [6.45, 7) is 12.7. The molecule has 2 rings (SSSR count). The van der Waals surface area contributed by atoms with Crippen molar-refractivity contribution in [3.63, 3.8) is 0 Å². The van der Waals surface area contributed by atoms with E-state index in [1.807, 2.05) is 50.4 Å². The van der Waals surface area contributed by atoms with Crippen LogP contribution in [0.1, 0.15) is 25.0 Å². The molecule has 1 unspecified atom stereocenters. The van der Waals surface area contributed by atoms with Crippen LogP contribution in [0.15, 0.2) is 42.7 Å². The molecule has 2 aromatic rings. The van der Waals surface area contributed by atoms with Gasteiger partial charge in [0.05, 0.1) is 12.8 Å². The second-order valence-electron chi connectivity index (χ2n) is 8.84. The summed E-state index contributed by atoms with van der Waals surface area (Å²) in [4.78, 5) is 12.8. The molecule has 154 valence electrons. The van der Waals surface area contributed by atoms with Gasteiger partial charge in [-0.3, -0.25) is 4.79 Å². The maximum atomic E-state index is 12.8. The first-order valence-corrected chi connectivity index (χ1v) is 13.7. The molecule has 0 radical (unpaired) electrons. The lowest BCUT2D eigenvalue weighted by Gasteiger charge is -2.20. The highest BCUT2D eigenvalue weighted by molar-refractivity contribution is 6.76. The highest BCUT2D eigenvalue weighted by Gasteiger charge is 2.23. The van der Waals surface area contributed by atoms with Crippen LogP contribution >= 0.6 is 0 Å². The van der Waals surface area contributed by atoms with E-state index < -0.39 is 14.2 Å².